The van der Waals surface area contributed by atoms with Gasteiger partial charge in [-0.1, -0.05) is 17.7 Å². The summed E-state index contributed by atoms with van der Waals surface area (Å²) in [6.45, 7) is 2.16. The van der Waals surface area contributed by atoms with E-state index >= 15 is 0 Å². The Labute approximate surface area is 120 Å². The summed E-state index contributed by atoms with van der Waals surface area (Å²) in [5, 5.41) is 3.26. The summed E-state index contributed by atoms with van der Waals surface area (Å²) in [4.78, 5) is 15.1. The molecule has 2 rings (SSSR count). The molecule has 0 aliphatic rings. The quantitative estimate of drug-likeness (QED) is 0.852. The van der Waals surface area contributed by atoms with Gasteiger partial charge in [0.2, 0.25) is 0 Å². The summed E-state index contributed by atoms with van der Waals surface area (Å²) in [7, 11) is 0. The highest BCUT2D eigenvalue weighted by Crippen LogP contribution is 2.19. The van der Waals surface area contributed by atoms with Gasteiger partial charge in [-0.15, -0.1) is 0 Å². The normalized spacial score (nSPS) is 10.3. The standard InChI is InChI=1S/C14H13ClFN3O/c1-8-2-9(4-10(16)3-8)6-18-12-5-13(15)19-7-11(12)14(17)20/h2-5,7H,6H2,1H3,(H2,17,20)(H,18,19). The molecule has 1 amide bonds. The minimum absolute atomic E-state index is 0.238. The lowest BCUT2D eigenvalue weighted by molar-refractivity contribution is 0.100. The van der Waals surface area contributed by atoms with E-state index in [0.717, 1.165) is 11.1 Å². The fourth-order valence-corrected chi connectivity index (χ4v) is 2.04. The number of rotatable bonds is 4. The van der Waals surface area contributed by atoms with Gasteiger partial charge in [0.25, 0.3) is 5.91 Å². The maximum absolute atomic E-state index is 13.3. The molecule has 104 valence electrons. The summed E-state index contributed by atoms with van der Waals surface area (Å²) in [5.41, 5.74) is 7.55. The maximum Gasteiger partial charge on any atom is 0.252 e. The molecule has 0 spiro atoms. The molecule has 4 nitrogen and oxygen atoms in total. The number of aryl methyl sites for hydroxylation is 1. The van der Waals surface area contributed by atoms with Gasteiger partial charge in [0.1, 0.15) is 11.0 Å². The number of nitrogens with one attached hydrogen (secondary N) is 1. The number of anilines is 1. The van der Waals surface area contributed by atoms with E-state index in [4.69, 9.17) is 17.3 Å². The number of hydrogen-bond donors (Lipinski definition) is 2. The van der Waals surface area contributed by atoms with E-state index in [1.807, 2.05) is 13.0 Å². The van der Waals surface area contributed by atoms with E-state index in [-0.39, 0.29) is 16.5 Å². The van der Waals surface area contributed by atoms with Crippen LogP contribution < -0.4 is 11.1 Å². The highest BCUT2D eigenvalue weighted by molar-refractivity contribution is 6.29. The maximum atomic E-state index is 13.3. The predicted molar refractivity (Wildman–Crippen MR) is 76.2 cm³/mol. The van der Waals surface area contributed by atoms with Crippen LogP contribution in [0.3, 0.4) is 0 Å². The first-order valence-electron chi connectivity index (χ1n) is 5.91. The molecule has 1 heterocycles. The van der Waals surface area contributed by atoms with Crippen LogP contribution in [0, 0.1) is 12.7 Å². The molecule has 0 radical (unpaired) electrons. The number of pyridine rings is 1. The topological polar surface area (TPSA) is 68.0 Å². The van der Waals surface area contributed by atoms with Gasteiger partial charge >= 0.3 is 0 Å². The van der Waals surface area contributed by atoms with Crippen LogP contribution in [0.4, 0.5) is 10.1 Å². The number of nitrogens with zero attached hydrogens (tertiary/aromatic N) is 1. The zero-order chi connectivity index (χ0) is 14.7. The van der Waals surface area contributed by atoms with Crippen molar-refractivity contribution in [2.24, 2.45) is 5.73 Å². The van der Waals surface area contributed by atoms with Crippen molar-refractivity contribution in [2.75, 3.05) is 5.32 Å². The number of amides is 1. The van der Waals surface area contributed by atoms with Gasteiger partial charge in [0.15, 0.2) is 0 Å². The van der Waals surface area contributed by atoms with E-state index in [0.29, 0.717) is 12.2 Å². The fourth-order valence-electron chi connectivity index (χ4n) is 1.88. The number of nitrogens with two attached hydrogens (primary N) is 1. The molecular weight excluding hydrogens is 281 g/mol. The van der Waals surface area contributed by atoms with Gasteiger partial charge in [0, 0.05) is 12.7 Å². The Morgan fingerprint density at radius 2 is 2.15 bits per heavy atom. The van der Waals surface area contributed by atoms with Crippen LogP contribution in [0.1, 0.15) is 21.5 Å². The minimum atomic E-state index is -0.605. The second-order valence-electron chi connectivity index (χ2n) is 4.41. The molecule has 20 heavy (non-hydrogen) atoms. The molecule has 1 aromatic carbocycles. The monoisotopic (exact) mass is 293 g/mol. The van der Waals surface area contributed by atoms with Gasteiger partial charge in [-0.2, -0.15) is 0 Å². The first kappa shape index (κ1) is 14.3. The summed E-state index contributed by atoms with van der Waals surface area (Å²) >= 11 is 5.79. The van der Waals surface area contributed by atoms with Crippen molar-refractivity contribution in [3.8, 4) is 0 Å². The first-order chi connectivity index (χ1) is 9.45. The molecule has 2 aromatic rings. The molecule has 1 aromatic heterocycles. The number of hydrogen-bond acceptors (Lipinski definition) is 3. The molecule has 3 N–H and O–H groups in total. The predicted octanol–water partition coefficient (Wildman–Crippen LogP) is 2.89. The summed E-state index contributed by atoms with van der Waals surface area (Å²) in [5.74, 6) is -0.906. The summed E-state index contributed by atoms with van der Waals surface area (Å²) in [6, 6.07) is 6.23. The van der Waals surface area contributed by atoms with Gasteiger partial charge in [0.05, 0.1) is 11.3 Å². The molecule has 0 aliphatic heterocycles. The van der Waals surface area contributed by atoms with Crippen molar-refractivity contribution in [1.82, 2.24) is 4.98 Å². The fraction of sp³-hybridized carbons (Fsp3) is 0.143. The van der Waals surface area contributed by atoms with Crippen LogP contribution in [0.15, 0.2) is 30.5 Å². The van der Waals surface area contributed by atoms with Gasteiger partial charge in [-0.3, -0.25) is 4.79 Å². The Balaban J connectivity index is 2.22. The van der Waals surface area contributed by atoms with Crippen LogP contribution in [-0.2, 0) is 6.54 Å². The number of halogens is 2. The smallest absolute Gasteiger partial charge is 0.252 e. The van der Waals surface area contributed by atoms with Crippen LogP contribution in [-0.4, -0.2) is 10.9 Å². The van der Waals surface area contributed by atoms with Crippen molar-refractivity contribution in [2.45, 2.75) is 13.5 Å². The SMILES string of the molecule is Cc1cc(F)cc(CNc2cc(Cl)ncc2C(N)=O)c1. The Hall–Kier alpha value is -2.14. The number of carbonyl (C=O) groups excluding carboxylic acids is 1. The van der Waals surface area contributed by atoms with Crippen molar-refractivity contribution < 1.29 is 9.18 Å². The third-order valence-electron chi connectivity index (χ3n) is 2.72. The largest absolute Gasteiger partial charge is 0.380 e. The molecule has 0 saturated heterocycles. The molecule has 0 saturated carbocycles. The molecule has 0 fully saturated rings. The van der Waals surface area contributed by atoms with Crippen LogP contribution in [0.25, 0.3) is 0 Å². The Morgan fingerprint density at radius 1 is 1.40 bits per heavy atom. The van der Waals surface area contributed by atoms with Gasteiger partial charge < -0.3 is 11.1 Å². The Kier molecular flexibility index (Phi) is 4.20. The lowest BCUT2D eigenvalue weighted by Gasteiger charge is -2.11. The second-order valence-corrected chi connectivity index (χ2v) is 4.79. The number of primary amides is 1. The molecule has 0 atom stereocenters. The van der Waals surface area contributed by atoms with Crippen molar-refractivity contribution in [1.29, 1.82) is 0 Å². The average molecular weight is 294 g/mol. The molecule has 0 unspecified atom stereocenters. The zero-order valence-corrected chi connectivity index (χ0v) is 11.5. The van der Waals surface area contributed by atoms with Crippen molar-refractivity contribution in [3.05, 3.63) is 58.1 Å². The molecule has 0 bridgehead atoms. The lowest BCUT2D eigenvalue weighted by atomic mass is 10.1. The number of carbonyl (C=O) groups is 1. The highest BCUT2D eigenvalue weighted by Gasteiger charge is 2.09. The third kappa shape index (κ3) is 3.45. The van der Waals surface area contributed by atoms with E-state index < -0.39 is 5.91 Å². The van der Waals surface area contributed by atoms with Gasteiger partial charge in [-0.05, 0) is 36.2 Å². The van der Waals surface area contributed by atoms with Crippen LogP contribution in [0.2, 0.25) is 5.15 Å². The summed E-state index contributed by atoms with van der Waals surface area (Å²) in [6.07, 6.45) is 1.31. The number of aromatic nitrogens is 1. The van der Waals surface area contributed by atoms with Crippen molar-refractivity contribution >= 4 is 23.2 Å². The minimum Gasteiger partial charge on any atom is -0.380 e. The third-order valence-corrected chi connectivity index (χ3v) is 2.93. The van der Waals surface area contributed by atoms with Crippen LogP contribution in [0.5, 0.6) is 0 Å². The summed E-state index contributed by atoms with van der Waals surface area (Å²) < 4.78 is 13.3. The van der Waals surface area contributed by atoms with E-state index in [1.54, 1.807) is 0 Å². The first-order valence-corrected chi connectivity index (χ1v) is 6.29. The van der Waals surface area contributed by atoms with Crippen LogP contribution >= 0.6 is 11.6 Å². The highest BCUT2D eigenvalue weighted by atomic mass is 35.5. The Bertz CT molecular complexity index is 641. The van der Waals surface area contributed by atoms with E-state index in [2.05, 4.69) is 10.3 Å². The molecule has 6 heteroatoms. The van der Waals surface area contributed by atoms with Crippen molar-refractivity contribution in [3.63, 3.8) is 0 Å². The molecule has 0 aliphatic carbocycles. The molecular formula is C14H13ClFN3O. The lowest BCUT2D eigenvalue weighted by Crippen LogP contribution is -2.15. The average Bonchev–Trinajstić information content (AvgIpc) is 2.35. The van der Waals surface area contributed by atoms with E-state index in [9.17, 15) is 9.18 Å². The Morgan fingerprint density at radius 3 is 2.80 bits per heavy atom. The van der Waals surface area contributed by atoms with E-state index in [1.165, 1.54) is 24.4 Å². The zero-order valence-electron chi connectivity index (χ0n) is 10.8. The van der Waals surface area contributed by atoms with Gasteiger partial charge in [-0.25, -0.2) is 9.37 Å². The number of benzene rings is 1. The second kappa shape index (κ2) is 5.88.